The summed E-state index contributed by atoms with van der Waals surface area (Å²) in [6.07, 6.45) is -0.312. The molecule has 2 aliphatic rings. The highest BCUT2D eigenvalue weighted by Gasteiger charge is 2.42. The highest BCUT2D eigenvalue weighted by molar-refractivity contribution is 9.10. The van der Waals surface area contributed by atoms with Crippen molar-refractivity contribution in [1.82, 2.24) is 10.3 Å². The first-order chi connectivity index (χ1) is 13.6. The molecule has 0 spiro atoms. The summed E-state index contributed by atoms with van der Waals surface area (Å²) in [5, 5.41) is 13.7. The number of thioether (sulfide) groups is 1. The van der Waals surface area contributed by atoms with Gasteiger partial charge in [-0.1, -0.05) is 52.8 Å². The fraction of sp³-hybridized carbons (Fsp3) is 0.300. The maximum absolute atomic E-state index is 13.0. The minimum atomic E-state index is -0.494. The van der Waals surface area contributed by atoms with Gasteiger partial charge in [-0.05, 0) is 36.9 Å². The number of ether oxygens (including phenoxy) is 1. The zero-order valence-corrected chi connectivity index (χ0v) is 18.0. The standard InChI is InChI=1S/C20H21BrN4O2S/c1-3-27-12-9-10-15(21)14(11-12)18-22-16-8-6-5-7-13(16)17-19(26)23-20(28-4-2)24-25(17)18/h5-11,17-18,22H,3-4H2,1-2H3,(H,23,24,26)/t17-,18+/m1/s1. The Hall–Kier alpha value is -2.19. The van der Waals surface area contributed by atoms with E-state index in [-0.39, 0.29) is 12.1 Å². The zero-order chi connectivity index (χ0) is 19.7. The minimum Gasteiger partial charge on any atom is -0.494 e. The number of nitrogens with zero attached hydrogens (tertiary/aromatic N) is 2. The molecule has 0 saturated carbocycles. The van der Waals surface area contributed by atoms with Gasteiger partial charge >= 0.3 is 0 Å². The molecule has 2 aromatic rings. The fourth-order valence-electron chi connectivity index (χ4n) is 3.46. The Morgan fingerprint density at radius 3 is 2.82 bits per heavy atom. The van der Waals surface area contributed by atoms with Gasteiger partial charge < -0.3 is 15.4 Å². The largest absolute Gasteiger partial charge is 0.494 e. The molecule has 2 aromatic carbocycles. The molecule has 28 heavy (non-hydrogen) atoms. The van der Waals surface area contributed by atoms with Crippen LogP contribution in [0.3, 0.4) is 0 Å². The van der Waals surface area contributed by atoms with E-state index in [9.17, 15) is 4.79 Å². The molecule has 8 heteroatoms. The van der Waals surface area contributed by atoms with Crippen molar-refractivity contribution >= 4 is 44.5 Å². The molecule has 1 amide bonds. The smallest absolute Gasteiger partial charge is 0.255 e. The summed E-state index contributed by atoms with van der Waals surface area (Å²) in [5.41, 5.74) is 2.81. The third-order valence-corrected chi connectivity index (χ3v) is 6.08. The van der Waals surface area contributed by atoms with Crippen LogP contribution in [0.5, 0.6) is 5.75 Å². The molecule has 4 rings (SSSR count). The molecule has 146 valence electrons. The second kappa shape index (κ2) is 8.05. The number of benzene rings is 2. The number of para-hydroxylation sites is 1. The van der Waals surface area contributed by atoms with E-state index < -0.39 is 6.04 Å². The molecular formula is C20H21BrN4O2S. The van der Waals surface area contributed by atoms with Crippen molar-refractivity contribution in [3.63, 3.8) is 0 Å². The third kappa shape index (κ3) is 3.46. The normalized spacial score (nSPS) is 20.5. The van der Waals surface area contributed by atoms with Gasteiger partial charge in [0.2, 0.25) is 0 Å². The van der Waals surface area contributed by atoms with E-state index in [4.69, 9.17) is 9.84 Å². The van der Waals surface area contributed by atoms with Gasteiger partial charge in [0, 0.05) is 21.3 Å². The van der Waals surface area contributed by atoms with Crippen molar-refractivity contribution in [2.45, 2.75) is 26.1 Å². The van der Waals surface area contributed by atoms with Crippen LogP contribution in [0.2, 0.25) is 0 Å². The molecule has 0 aliphatic carbocycles. The number of rotatable bonds is 4. The molecule has 0 bridgehead atoms. The topological polar surface area (TPSA) is 66.0 Å². The van der Waals surface area contributed by atoms with Crippen LogP contribution in [0.4, 0.5) is 5.69 Å². The van der Waals surface area contributed by atoms with Crippen LogP contribution in [-0.2, 0) is 4.79 Å². The molecule has 0 aromatic heterocycles. The zero-order valence-electron chi connectivity index (χ0n) is 15.6. The highest BCUT2D eigenvalue weighted by Crippen LogP contribution is 2.44. The van der Waals surface area contributed by atoms with E-state index in [2.05, 4.69) is 26.6 Å². The average Bonchev–Trinajstić information content (AvgIpc) is 2.69. The maximum Gasteiger partial charge on any atom is 0.255 e. The first-order valence-electron chi connectivity index (χ1n) is 9.20. The molecule has 2 heterocycles. The number of amides is 1. The van der Waals surface area contributed by atoms with Crippen LogP contribution in [0.1, 0.15) is 37.2 Å². The number of amidine groups is 1. The van der Waals surface area contributed by atoms with Gasteiger partial charge in [-0.15, -0.1) is 5.10 Å². The van der Waals surface area contributed by atoms with Crippen molar-refractivity contribution in [3.05, 3.63) is 58.1 Å². The van der Waals surface area contributed by atoms with Crippen LogP contribution in [-0.4, -0.2) is 28.4 Å². The fourth-order valence-corrected chi connectivity index (χ4v) is 4.52. The Morgan fingerprint density at radius 2 is 2.04 bits per heavy atom. The van der Waals surface area contributed by atoms with Gasteiger partial charge in [0.15, 0.2) is 11.2 Å². The Balaban J connectivity index is 1.84. The van der Waals surface area contributed by atoms with Gasteiger partial charge in [-0.25, -0.2) is 0 Å². The van der Waals surface area contributed by atoms with Crippen molar-refractivity contribution in [2.24, 2.45) is 5.10 Å². The van der Waals surface area contributed by atoms with E-state index in [1.54, 1.807) is 0 Å². The van der Waals surface area contributed by atoms with Gasteiger partial charge in [0.25, 0.3) is 5.91 Å². The molecular weight excluding hydrogens is 440 g/mol. The number of hydrogen-bond donors (Lipinski definition) is 2. The molecule has 2 N–H and O–H groups in total. The third-order valence-electron chi connectivity index (χ3n) is 4.62. The number of anilines is 1. The lowest BCUT2D eigenvalue weighted by molar-refractivity contribution is -0.127. The summed E-state index contributed by atoms with van der Waals surface area (Å²) >= 11 is 5.18. The highest BCUT2D eigenvalue weighted by atomic mass is 79.9. The van der Waals surface area contributed by atoms with Crippen molar-refractivity contribution in [1.29, 1.82) is 0 Å². The van der Waals surface area contributed by atoms with Gasteiger partial charge in [-0.3, -0.25) is 9.80 Å². The molecule has 6 nitrogen and oxygen atoms in total. The second-order valence-electron chi connectivity index (χ2n) is 6.36. The predicted octanol–water partition coefficient (Wildman–Crippen LogP) is 4.47. The van der Waals surface area contributed by atoms with E-state index in [1.165, 1.54) is 11.8 Å². The molecule has 2 atom stereocenters. The Labute approximate surface area is 176 Å². The summed E-state index contributed by atoms with van der Waals surface area (Å²) in [6.45, 7) is 4.58. The number of hydrogen-bond acceptors (Lipinski definition) is 6. The van der Waals surface area contributed by atoms with E-state index in [0.717, 1.165) is 32.8 Å². The maximum atomic E-state index is 13.0. The lowest BCUT2D eigenvalue weighted by atomic mass is 9.97. The van der Waals surface area contributed by atoms with Crippen LogP contribution < -0.4 is 15.4 Å². The van der Waals surface area contributed by atoms with E-state index >= 15 is 0 Å². The van der Waals surface area contributed by atoms with Crippen LogP contribution >= 0.6 is 27.7 Å². The van der Waals surface area contributed by atoms with Crippen LogP contribution in [0, 0.1) is 0 Å². The predicted molar refractivity (Wildman–Crippen MR) is 116 cm³/mol. The molecule has 0 fully saturated rings. The minimum absolute atomic E-state index is 0.0676. The number of carbonyl (C=O) groups excluding carboxylic acids is 1. The van der Waals surface area contributed by atoms with Gasteiger partial charge in [-0.2, -0.15) is 0 Å². The Kier molecular flexibility index (Phi) is 5.50. The molecule has 0 radical (unpaired) electrons. The lowest BCUT2D eigenvalue weighted by Crippen LogP contribution is -2.51. The number of halogens is 1. The number of fused-ring (bicyclic) bond motifs is 3. The van der Waals surface area contributed by atoms with E-state index in [1.807, 2.05) is 61.3 Å². The first kappa shape index (κ1) is 19.1. The van der Waals surface area contributed by atoms with Gasteiger partial charge in [0.1, 0.15) is 11.9 Å². The lowest BCUT2D eigenvalue weighted by Gasteiger charge is -2.44. The molecule has 2 aliphatic heterocycles. The monoisotopic (exact) mass is 460 g/mol. The summed E-state index contributed by atoms with van der Waals surface area (Å²) in [4.78, 5) is 13.0. The summed E-state index contributed by atoms with van der Waals surface area (Å²) in [5.74, 6) is 1.55. The average molecular weight is 461 g/mol. The Morgan fingerprint density at radius 1 is 1.21 bits per heavy atom. The van der Waals surface area contributed by atoms with E-state index in [0.29, 0.717) is 11.8 Å². The summed E-state index contributed by atoms with van der Waals surface area (Å²) in [6, 6.07) is 13.3. The number of nitrogens with one attached hydrogen (secondary N) is 2. The van der Waals surface area contributed by atoms with Crippen LogP contribution in [0.25, 0.3) is 0 Å². The first-order valence-corrected chi connectivity index (χ1v) is 11.0. The summed E-state index contributed by atoms with van der Waals surface area (Å²) < 4.78 is 6.62. The number of carbonyl (C=O) groups is 1. The molecule has 0 unspecified atom stereocenters. The Bertz CT molecular complexity index is 936. The SMILES string of the molecule is CCOc1ccc(Br)c([C@H]2Nc3ccccc3[C@@H]3C(=O)NC(SCC)=NN23)c1. The van der Waals surface area contributed by atoms with Crippen LogP contribution in [0.15, 0.2) is 52.0 Å². The quantitative estimate of drug-likeness (QED) is 0.704. The molecule has 0 saturated heterocycles. The van der Waals surface area contributed by atoms with Crippen molar-refractivity contribution in [3.8, 4) is 5.75 Å². The summed E-state index contributed by atoms with van der Waals surface area (Å²) in [7, 11) is 0. The van der Waals surface area contributed by atoms with Crippen molar-refractivity contribution < 1.29 is 9.53 Å². The van der Waals surface area contributed by atoms with Crippen molar-refractivity contribution in [2.75, 3.05) is 17.7 Å². The second-order valence-corrected chi connectivity index (χ2v) is 8.47. The number of hydrazone groups is 1. The van der Waals surface area contributed by atoms with Gasteiger partial charge in [0.05, 0.1) is 6.61 Å².